The van der Waals surface area contributed by atoms with E-state index < -0.39 is 0 Å². The molecule has 3 nitrogen and oxygen atoms in total. The first kappa shape index (κ1) is 17.2. The number of nitrogens with zero attached hydrogens (tertiary/aromatic N) is 1. The maximum atomic E-state index is 12.8. The number of pyridine rings is 1. The average molecular weight is 348 g/mol. The summed E-state index contributed by atoms with van der Waals surface area (Å²) in [4.78, 5) is 18.2. The highest BCUT2D eigenvalue weighted by Gasteiger charge is 2.14. The molecule has 4 heteroatoms. The highest BCUT2D eigenvalue weighted by molar-refractivity contribution is 7.99. The van der Waals surface area contributed by atoms with Gasteiger partial charge in [0.25, 0.3) is 5.91 Å². The van der Waals surface area contributed by atoms with Gasteiger partial charge < -0.3 is 5.32 Å². The molecule has 1 amide bonds. The minimum absolute atomic E-state index is 0.136. The Labute approximate surface area is 152 Å². The van der Waals surface area contributed by atoms with E-state index >= 15 is 0 Å². The Bertz CT molecular complexity index is 875. The largest absolute Gasteiger partial charge is 0.322 e. The van der Waals surface area contributed by atoms with Gasteiger partial charge in [-0.1, -0.05) is 54.6 Å². The van der Waals surface area contributed by atoms with Crippen LogP contribution in [0.5, 0.6) is 0 Å². The Morgan fingerprint density at radius 1 is 1.04 bits per heavy atom. The molecule has 126 valence electrons. The summed E-state index contributed by atoms with van der Waals surface area (Å²) >= 11 is 1.50. The number of nitrogens with one attached hydrogen (secondary N) is 1. The standard InChI is InChI=1S/C21H20N2OS/c1-3-16-7-4-5-9-19(16)23-20(24)18-8-6-14-22-21(18)25-17-12-10-15(2)11-13-17/h4-14H,3H2,1-2H3,(H,23,24). The molecule has 1 aromatic heterocycles. The van der Waals surface area contributed by atoms with E-state index in [0.29, 0.717) is 10.6 Å². The van der Waals surface area contributed by atoms with Crippen LogP contribution in [0.2, 0.25) is 0 Å². The molecule has 0 aliphatic heterocycles. The van der Waals surface area contributed by atoms with Crippen molar-refractivity contribution in [2.24, 2.45) is 0 Å². The van der Waals surface area contributed by atoms with Crippen molar-refractivity contribution < 1.29 is 4.79 Å². The first-order valence-electron chi connectivity index (χ1n) is 8.26. The molecule has 0 atom stereocenters. The molecule has 0 unspecified atom stereocenters. The van der Waals surface area contributed by atoms with Gasteiger partial charge in [-0.15, -0.1) is 0 Å². The molecule has 0 saturated heterocycles. The first-order valence-corrected chi connectivity index (χ1v) is 9.08. The molecule has 25 heavy (non-hydrogen) atoms. The van der Waals surface area contributed by atoms with Gasteiger partial charge in [0.15, 0.2) is 0 Å². The van der Waals surface area contributed by atoms with Crippen molar-refractivity contribution >= 4 is 23.4 Å². The van der Waals surface area contributed by atoms with Crippen LogP contribution in [0.15, 0.2) is 76.8 Å². The Morgan fingerprint density at radius 3 is 2.56 bits per heavy atom. The van der Waals surface area contributed by atoms with Crippen molar-refractivity contribution in [1.82, 2.24) is 4.98 Å². The van der Waals surface area contributed by atoms with Gasteiger partial charge in [0, 0.05) is 16.8 Å². The number of anilines is 1. The fourth-order valence-corrected chi connectivity index (χ4v) is 3.38. The van der Waals surface area contributed by atoms with E-state index in [4.69, 9.17) is 0 Å². The van der Waals surface area contributed by atoms with Crippen molar-refractivity contribution in [2.75, 3.05) is 5.32 Å². The number of carbonyl (C=O) groups excluding carboxylic acids is 1. The second-order valence-corrected chi connectivity index (χ2v) is 6.80. The van der Waals surface area contributed by atoms with E-state index in [9.17, 15) is 4.79 Å². The minimum atomic E-state index is -0.136. The van der Waals surface area contributed by atoms with E-state index in [0.717, 1.165) is 22.6 Å². The van der Waals surface area contributed by atoms with Gasteiger partial charge in [-0.25, -0.2) is 4.98 Å². The molecule has 0 fully saturated rings. The summed E-state index contributed by atoms with van der Waals surface area (Å²) in [7, 11) is 0. The summed E-state index contributed by atoms with van der Waals surface area (Å²) in [5, 5.41) is 3.73. The van der Waals surface area contributed by atoms with Crippen LogP contribution < -0.4 is 5.32 Å². The fraction of sp³-hybridized carbons (Fsp3) is 0.143. The molecule has 0 saturated carbocycles. The SMILES string of the molecule is CCc1ccccc1NC(=O)c1cccnc1Sc1ccc(C)cc1. The van der Waals surface area contributed by atoms with Crippen LogP contribution in [0.3, 0.4) is 0 Å². The van der Waals surface area contributed by atoms with Crippen LogP contribution in [-0.2, 0) is 6.42 Å². The van der Waals surface area contributed by atoms with Gasteiger partial charge >= 0.3 is 0 Å². The number of benzene rings is 2. The van der Waals surface area contributed by atoms with Crippen molar-refractivity contribution in [3.63, 3.8) is 0 Å². The Balaban J connectivity index is 1.84. The molecule has 0 bridgehead atoms. The third-order valence-electron chi connectivity index (χ3n) is 3.90. The van der Waals surface area contributed by atoms with Crippen LogP contribution in [0.4, 0.5) is 5.69 Å². The van der Waals surface area contributed by atoms with Crippen LogP contribution in [0.25, 0.3) is 0 Å². The maximum absolute atomic E-state index is 12.8. The van der Waals surface area contributed by atoms with Crippen LogP contribution >= 0.6 is 11.8 Å². The van der Waals surface area contributed by atoms with Gasteiger partial charge in [0.2, 0.25) is 0 Å². The van der Waals surface area contributed by atoms with Crippen molar-refractivity contribution in [1.29, 1.82) is 0 Å². The lowest BCUT2D eigenvalue weighted by Gasteiger charge is -2.12. The van der Waals surface area contributed by atoms with Gasteiger partial charge in [-0.3, -0.25) is 4.79 Å². The van der Waals surface area contributed by atoms with Gasteiger partial charge in [0.1, 0.15) is 5.03 Å². The number of rotatable bonds is 5. The van der Waals surface area contributed by atoms with Crippen molar-refractivity contribution in [3.8, 4) is 0 Å². The van der Waals surface area contributed by atoms with Gasteiger partial charge in [-0.05, 0) is 49.2 Å². The normalized spacial score (nSPS) is 10.5. The number of aromatic nitrogens is 1. The van der Waals surface area contributed by atoms with Crippen molar-refractivity contribution in [3.05, 3.63) is 83.6 Å². The second-order valence-electron chi connectivity index (χ2n) is 5.74. The van der Waals surface area contributed by atoms with Crippen LogP contribution in [0, 0.1) is 6.92 Å². The molecular formula is C21H20N2OS. The highest BCUT2D eigenvalue weighted by atomic mass is 32.2. The molecule has 3 aromatic rings. The van der Waals surface area contributed by atoms with Gasteiger partial charge in [0.05, 0.1) is 5.56 Å². The topological polar surface area (TPSA) is 42.0 Å². The molecule has 1 heterocycles. The highest BCUT2D eigenvalue weighted by Crippen LogP contribution is 2.29. The molecule has 0 aliphatic carbocycles. The average Bonchev–Trinajstić information content (AvgIpc) is 2.64. The summed E-state index contributed by atoms with van der Waals surface area (Å²) in [6, 6.07) is 19.7. The fourth-order valence-electron chi connectivity index (χ4n) is 2.50. The first-order chi connectivity index (χ1) is 12.2. The monoisotopic (exact) mass is 348 g/mol. The number of hydrogen-bond acceptors (Lipinski definition) is 3. The van der Waals surface area contributed by atoms with Crippen LogP contribution in [0.1, 0.15) is 28.4 Å². The third-order valence-corrected chi connectivity index (χ3v) is 4.92. The number of para-hydroxylation sites is 1. The number of hydrogen-bond donors (Lipinski definition) is 1. The number of aryl methyl sites for hydroxylation is 2. The maximum Gasteiger partial charge on any atom is 0.258 e. The molecule has 0 spiro atoms. The lowest BCUT2D eigenvalue weighted by molar-refractivity contribution is 0.102. The van der Waals surface area contributed by atoms with Gasteiger partial charge in [-0.2, -0.15) is 0 Å². The smallest absolute Gasteiger partial charge is 0.258 e. The molecule has 0 aliphatic rings. The summed E-state index contributed by atoms with van der Waals surface area (Å²) in [6.45, 7) is 4.13. The summed E-state index contributed by atoms with van der Waals surface area (Å²) in [5.41, 5.74) is 3.76. The Morgan fingerprint density at radius 2 is 1.80 bits per heavy atom. The zero-order valence-electron chi connectivity index (χ0n) is 14.3. The Hall–Kier alpha value is -2.59. The zero-order chi connectivity index (χ0) is 17.6. The second kappa shape index (κ2) is 7.99. The van der Waals surface area contributed by atoms with E-state index in [1.807, 2.05) is 42.5 Å². The predicted octanol–water partition coefficient (Wildman–Crippen LogP) is 5.36. The number of carbonyl (C=O) groups is 1. The Kier molecular flexibility index (Phi) is 5.51. The van der Waals surface area contributed by atoms with E-state index in [2.05, 4.69) is 36.3 Å². The summed E-state index contributed by atoms with van der Waals surface area (Å²) < 4.78 is 0. The minimum Gasteiger partial charge on any atom is -0.322 e. The van der Waals surface area contributed by atoms with E-state index in [-0.39, 0.29) is 5.91 Å². The molecule has 2 aromatic carbocycles. The summed E-state index contributed by atoms with van der Waals surface area (Å²) in [6.07, 6.45) is 2.59. The molecule has 0 radical (unpaired) electrons. The lowest BCUT2D eigenvalue weighted by Crippen LogP contribution is -2.14. The molecular weight excluding hydrogens is 328 g/mol. The van der Waals surface area contributed by atoms with Crippen molar-refractivity contribution in [2.45, 2.75) is 30.2 Å². The van der Waals surface area contributed by atoms with E-state index in [1.165, 1.54) is 17.3 Å². The predicted molar refractivity (Wildman–Crippen MR) is 103 cm³/mol. The summed E-state index contributed by atoms with van der Waals surface area (Å²) in [5.74, 6) is -0.136. The van der Waals surface area contributed by atoms with E-state index in [1.54, 1.807) is 12.3 Å². The van der Waals surface area contributed by atoms with Crippen LogP contribution in [-0.4, -0.2) is 10.9 Å². The lowest BCUT2D eigenvalue weighted by atomic mass is 10.1. The quantitative estimate of drug-likeness (QED) is 0.675. The third kappa shape index (κ3) is 4.28. The number of amides is 1. The molecule has 1 N–H and O–H groups in total. The molecule has 3 rings (SSSR count). The zero-order valence-corrected chi connectivity index (χ0v) is 15.1.